The first-order chi connectivity index (χ1) is 8.75. The van der Waals surface area contributed by atoms with Gasteiger partial charge in [-0.3, -0.25) is 0 Å². The molecule has 0 amide bonds. The molecule has 0 radical (unpaired) electrons. The van der Waals surface area contributed by atoms with E-state index in [4.69, 9.17) is 4.74 Å². The predicted octanol–water partition coefficient (Wildman–Crippen LogP) is 3.82. The van der Waals surface area contributed by atoms with E-state index in [0.717, 1.165) is 5.56 Å². The van der Waals surface area contributed by atoms with Crippen molar-refractivity contribution >= 4 is 12.0 Å². The van der Waals surface area contributed by atoms with E-state index in [1.54, 1.807) is 30.3 Å². The summed E-state index contributed by atoms with van der Waals surface area (Å²) in [5.41, 5.74) is 2.75. The average molecular weight is 238 g/mol. The molecule has 0 saturated heterocycles. The minimum atomic E-state index is -0.348. The highest BCUT2D eigenvalue weighted by Crippen LogP contribution is 2.06. The second-order valence-corrected chi connectivity index (χ2v) is 3.98. The van der Waals surface area contributed by atoms with Gasteiger partial charge in [-0.25, -0.2) is 4.79 Å². The highest BCUT2D eigenvalue weighted by molar-refractivity contribution is 5.89. The number of hydrogen-bond donors (Lipinski definition) is 0. The number of rotatable bonds is 3. The predicted molar refractivity (Wildman–Crippen MR) is 72.1 cm³/mol. The number of esters is 1. The van der Waals surface area contributed by atoms with Gasteiger partial charge in [0.05, 0.1) is 11.8 Å². The molecule has 90 valence electrons. The molecule has 0 bridgehead atoms. The van der Waals surface area contributed by atoms with Gasteiger partial charge in [0.15, 0.2) is 0 Å². The molecule has 18 heavy (non-hydrogen) atoms. The molecule has 0 N–H and O–H groups in total. The quantitative estimate of drug-likeness (QED) is 0.600. The molecule has 0 aromatic heterocycles. The zero-order valence-corrected chi connectivity index (χ0v) is 10.2. The zero-order chi connectivity index (χ0) is 12.8. The number of aryl methyl sites for hydroxylation is 1. The van der Waals surface area contributed by atoms with E-state index in [1.807, 2.05) is 37.3 Å². The molecule has 0 spiro atoms. The van der Waals surface area contributed by atoms with E-state index >= 15 is 0 Å². The Morgan fingerprint density at radius 3 is 2.33 bits per heavy atom. The summed E-state index contributed by atoms with van der Waals surface area (Å²) in [6.07, 6.45) is 3.18. The molecular weight excluding hydrogens is 224 g/mol. The van der Waals surface area contributed by atoms with Crippen LogP contribution in [0.2, 0.25) is 0 Å². The van der Waals surface area contributed by atoms with Crippen molar-refractivity contribution in [3.63, 3.8) is 0 Å². The van der Waals surface area contributed by atoms with Crippen LogP contribution in [0.3, 0.4) is 0 Å². The molecule has 2 aromatic rings. The van der Waals surface area contributed by atoms with Crippen molar-refractivity contribution in [3.8, 4) is 0 Å². The van der Waals surface area contributed by atoms with Crippen molar-refractivity contribution in [2.45, 2.75) is 6.92 Å². The van der Waals surface area contributed by atoms with Crippen LogP contribution < -0.4 is 0 Å². The topological polar surface area (TPSA) is 26.3 Å². The van der Waals surface area contributed by atoms with Crippen LogP contribution in [-0.4, -0.2) is 5.97 Å². The van der Waals surface area contributed by atoms with Crippen molar-refractivity contribution in [1.29, 1.82) is 0 Å². The molecule has 2 rings (SSSR count). The van der Waals surface area contributed by atoms with Crippen LogP contribution in [0.1, 0.15) is 21.5 Å². The second kappa shape index (κ2) is 5.82. The van der Waals surface area contributed by atoms with Gasteiger partial charge in [-0.2, -0.15) is 0 Å². The normalized spacial score (nSPS) is 10.5. The monoisotopic (exact) mass is 238 g/mol. The lowest BCUT2D eigenvalue weighted by atomic mass is 10.1. The average Bonchev–Trinajstić information content (AvgIpc) is 2.42. The Bertz CT molecular complexity index is 539. The Morgan fingerprint density at radius 2 is 1.67 bits per heavy atom. The van der Waals surface area contributed by atoms with Crippen LogP contribution in [-0.2, 0) is 4.74 Å². The summed E-state index contributed by atoms with van der Waals surface area (Å²) < 4.78 is 5.04. The SMILES string of the molecule is Cc1ccc(C=COC(=O)c2ccccc2)cc1. The molecule has 0 heterocycles. The van der Waals surface area contributed by atoms with E-state index in [-0.39, 0.29) is 5.97 Å². The molecule has 2 heteroatoms. The number of ether oxygens (including phenoxy) is 1. The molecule has 0 fully saturated rings. The first kappa shape index (κ1) is 12.1. The van der Waals surface area contributed by atoms with E-state index in [1.165, 1.54) is 11.8 Å². The van der Waals surface area contributed by atoms with Crippen molar-refractivity contribution in [2.24, 2.45) is 0 Å². The maximum absolute atomic E-state index is 11.6. The van der Waals surface area contributed by atoms with Crippen LogP contribution >= 0.6 is 0 Å². The van der Waals surface area contributed by atoms with E-state index in [2.05, 4.69) is 0 Å². The molecule has 0 aliphatic heterocycles. The molecule has 0 unspecified atom stereocenters. The molecule has 0 atom stereocenters. The fraction of sp³-hybridized carbons (Fsp3) is 0.0625. The molecule has 2 nitrogen and oxygen atoms in total. The summed E-state index contributed by atoms with van der Waals surface area (Å²) in [5.74, 6) is -0.348. The van der Waals surface area contributed by atoms with Crippen LogP contribution in [0.25, 0.3) is 6.08 Å². The van der Waals surface area contributed by atoms with Crippen LogP contribution in [0.5, 0.6) is 0 Å². The summed E-state index contributed by atoms with van der Waals surface area (Å²) >= 11 is 0. The van der Waals surface area contributed by atoms with Gasteiger partial charge in [0.1, 0.15) is 0 Å². The molecule has 0 saturated carbocycles. The molecule has 0 aliphatic rings. The first-order valence-electron chi connectivity index (χ1n) is 5.75. The maximum Gasteiger partial charge on any atom is 0.342 e. The van der Waals surface area contributed by atoms with E-state index in [9.17, 15) is 4.79 Å². The summed E-state index contributed by atoms with van der Waals surface area (Å²) in [6.45, 7) is 2.03. The number of benzene rings is 2. The third kappa shape index (κ3) is 3.32. The standard InChI is InChI=1S/C16H14O2/c1-13-7-9-14(10-8-13)11-12-18-16(17)15-5-3-2-4-6-15/h2-12H,1H3. The van der Waals surface area contributed by atoms with Gasteiger partial charge in [-0.05, 0) is 30.7 Å². The minimum absolute atomic E-state index is 0.348. The van der Waals surface area contributed by atoms with Crippen molar-refractivity contribution in [3.05, 3.63) is 77.5 Å². The largest absolute Gasteiger partial charge is 0.431 e. The van der Waals surface area contributed by atoms with Crippen molar-refractivity contribution < 1.29 is 9.53 Å². The Morgan fingerprint density at radius 1 is 1.00 bits per heavy atom. The smallest absolute Gasteiger partial charge is 0.342 e. The Hall–Kier alpha value is -2.35. The van der Waals surface area contributed by atoms with Crippen LogP contribution in [0, 0.1) is 6.92 Å². The number of hydrogen-bond acceptors (Lipinski definition) is 2. The fourth-order valence-electron chi connectivity index (χ4n) is 1.49. The highest BCUT2D eigenvalue weighted by Gasteiger charge is 2.02. The van der Waals surface area contributed by atoms with Gasteiger partial charge in [-0.1, -0.05) is 48.0 Å². The lowest BCUT2D eigenvalue weighted by molar-refractivity contribution is 0.0665. The fourth-order valence-corrected chi connectivity index (χ4v) is 1.49. The highest BCUT2D eigenvalue weighted by atomic mass is 16.5. The summed E-state index contributed by atoms with van der Waals surface area (Å²) in [4.78, 5) is 11.6. The lowest BCUT2D eigenvalue weighted by Gasteiger charge is -1.98. The third-order valence-electron chi connectivity index (χ3n) is 2.52. The van der Waals surface area contributed by atoms with E-state index in [0.29, 0.717) is 5.56 Å². The van der Waals surface area contributed by atoms with Crippen molar-refractivity contribution in [2.75, 3.05) is 0 Å². The van der Waals surface area contributed by atoms with E-state index < -0.39 is 0 Å². The van der Waals surface area contributed by atoms with Gasteiger partial charge in [-0.15, -0.1) is 0 Å². The lowest BCUT2D eigenvalue weighted by Crippen LogP contribution is -1.99. The second-order valence-electron chi connectivity index (χ2n) is 3.98. The summed E-state index contributed by atoms with van der Waals surface area (Å²) in [6, 6.07) is 16.9. The Balaban J connectivity index is 1.96. The van der Waals surface area contributed by atoms with Gasteiger partial charge in [0, 0.05) is 0 Å². The Labute approximate surface area is 107 Å². The molecule has 2 aromatic carbocycles. The van der Waals surface area contributed by atoms with Gasteiger partial charge in [0.2, 0.25) is 0 Å². The number of carbonyl (C=O) groups excluding carboxylic acids is 1. The van der Waals surface area contributed by atoms with Gasteiger partial charge in [0.25, 0.3) is 0 Å². The molecule has 0 aliphatic carbocycles. The minimum Gasteiger partial charge on any atom is -0.431 e. The third-order valence-corrected chi connectivity index (χ3v) is 2.52. The summed E-state index contributed by atoms with van der Waals surface area (Å²) in [7, 11) is 0. The molecular formula is C16H14O2. The first-order valence-corrected chi connectivity index (χ1v) is 5.75. The summed E-state index contributed by atoms with van der Waals surface area (Å²) in [5, 5.41) is 0. The number of carbonyl (C=O) groups is 1. The van der Waals surface area contributed by atoms with Crippen LogP contribution in [0.15, 0.2) is 60.9 Å². The van der Waals surface area contributed by atoms with Crippen LogP contribution in [0.4, 0.5) is 0 Å². The Kier molecular flexibility index (Phi) is 3.92. The van der Waals surface area contributed by atoms with Gasteiger partial charge < -0.3 is 4.74 Å². The zero-order valence-electron chi connectivity index (χ0n) is 10.2. The van der Waals surface area contributed by atoms with Crippen molar-refractivity contribution in [1.82, 2.24) is 0 Å². The van der Waals surface area contributed by atoms with Gasteiger partial charge >= 0.3 is 5.97 Å². The maximum atomic E-state index is 11.6.